The standard InChI is InChI=1S/C22H31N3O3S2/c1-4-17-7-9-18(10-8-17)20(24(2)3)16-23-21(26)15-19-11-12-22(29-19)30(27,28)25-13-5-6-14-25/h7-12,20H,4-6,13-16H2,1-3H3,(H,23,26). The number of rotatable bonds is 9. The van der Waals surface area contributed by atoms with E-state index in [1.54, 1.807) is 12.1 Å². The van der Waals surface area contributed by atoms with E-state index in [4.69, 9.17) is 0 Å². The molecule has 1 aliphatic rings. The van der Waals surface area contributed by atoms with Crippen LogP contribution in [0.1, 0.15) is 41.8 Å². The van der Waals surface area contributed by atoms with Crippen LogP contribution >= 0.6 is 11.3 Å². The van der Waals surface area contributed by atoms with Crippen molar-refractivity contribution in [2.75, 3.05) is 33.7 Å². The average Bonchev–Trinajstić information content (AvgIpc) is 3.41. The quantitative estimate of drug-likeness (QED) is 0.639. The number of sulfonamides is 1. The molecule has 6 nitrogen and oxygen atoms in total. The van der Waals surface area contributed by atoms with Gasteiger partial charge in [-0.3, -0.25) is 4.79 Å². The molecule has 3 rings (SSSR count). The molecule has 1 amide bonds. The molecule has 1 aromatic heterocycles. The monoisotopic (exact) mass is 449 g/mol. The maximum atomic E-state index is 12.7. The first-order chi connectivity index (χ1) is 14.3. The molecule has 8 heteroatoms. The molecular weight excluding hydrogens is 418 g/mol. The summed E-state index contributed by atoms with van der Waals surface area (Å²) in [5.74, 6) is -0.0981. The third-order valence-corrected chi connectivity index (χ3v) is 8.97. The van der Waals surface area contributed by atoms with Crippen molar-refractivity contribution in [3.8, 4) is 0 Å². The molecule has 1 saturated heterocycles. The van der Waals surface area contributed by atoms with Crippen LogP contribution in [0.25, 0.3) is 0 Å². The minimum absolute atomic E-state index is 0.0781. The highest BCUT2D eigenvalue weighted by molar-refractivity contribution is 7.91. The zero-order valence-corrected chi connectivity index (χ0v) is 19.6. The molecule has 2 heterocycles. The average molecular weight is 450 g/mol. The molecule has 0 aliphatic carbocycles. The lowest BCUT2D eigenvalue weighted by atomic mass is 10.0. The summed E-state index contributed by atoms with van der Waals surface area (Å²) in [4.78, 5) is 15.4. The zero-order chi connectivity index (χ0) is 21.7. The third-order valence-electron chi connectivity index (χ3n) is 5.52. The van der Waals surface area contributed by atoms with Crippen molar-refractivity contribution in [3.05, 3.63) is 52.4 Å². The van der Waals surface area contributed by atoms with Gasteiger partial charge in [-0.05, 0) is 56.6 Å². The van der Waals surface area contributed by atoms with Crippen molar-refractivity contribution in [1.29, 1.82) is 0 Å². The Morgan fingerprint density at radius 3 is 2.40 bits per heavy atom. The van der Waals surface area contributed by atoms with Crippen molar-refractivity contribution < 1.29 is 13.2 Å². The Morgan fingerprint density at radius 1 is 1.13 bits per heavy atom. The van der Waals surface area contributed by atoms with Gasteiger partial charge in [-0.25, -0.2) is 8.42 Å². The molecule has 1 atom stereocenters. The minimum Gasteiger partial charge on any atom is -0.354 e. The van der Waals surface area contributed by atoms with E-state index in [-0.39, 0.29) is 18.4 Å². The van der Waals surface area contributed by atoms with Gasteiger partial charge < -0.3 is 10.2 Å². The number of nitrogens with zero attached hydrogens (tertiary/aromatic N) is 2. The van der Waals surface area contributed by atoms with Gasteiger partial charge in [0.05, 0.1) is 12.5 Å². The molecular formula is C22H31N3O3S2. The molecule has 1 unspecified atom stereocenters. The number of nitrogens with one attached hydrogen (secondary N) is 1. The number of thiophene rings is 1. The normalized spacial score (nSPS) is 16.1. The van der Waals surface area contributed by atoms with Gasteiger partial charge >= 0.3 is 0 Å². The van der Waals surface area contributed by atoms with Gasteiger partial charge in [-0.15, -0.1) is 11.3 Å². The molecule has 1 aliphatic heterocycles. The highest BCUT2D eigenvalue weighted by Gasteiger charge is 2.28. The number of amides is 1. The molecule has 0 saturated carbocycles. The summed E-state index contributed by atoms with van der Waals surface area (Å²) in [5.41, 5.74) is 2.45. The van der Waals surface area contributed by atoms with Gasteiger partial charge in [0.15, 0.2) is 0 Å². The molecule has 1 aromatic carbocycles. The van der Waals surface area contributed by atoms with Gasteiger partial charge in [0.1, 0.15) is 4.21 Å². The lowest BCUT2D eigenvalue weighted by Gasteiger charge is -2.25. The van der Waals surface area contributed by atoms with Crippen molar-refractivity contribution in [2.24, 2.45) is 0 Å². The minimum atomic E-state index is -3.42. The van der Waals surface area contributed by atoms with E-state index in [0.717, 1.165) is 29.7 Å². The Kier molecular flexibility index (Phi) is 7.68. The molecule has 1 N–H and O–H groups in total. The van der Waals surface area contributed by atoms with Crippen molar-refractivity contribution in [1.82, 2.24) is 14.5 Å². The number of hydrogen-bond acceptors (Lipinski definition) is 5. The molecule has 164 valence electrons. The van der Waals surface area contributed by atoms with Crippen LogP contribution in [0, 0.1) is 0 Å². The summed E-state index contributed by atoms with van der Waals surface area (Å²) >= 11 is 1.20. The Balaban J connectivity index is 1.59. The van der Waals surface area contributed by atoms with Crippen LogP contribution in [0.3, 0.4) is 0 Å². The Hall–Kier alpha value is -1.74. The predicted octanol–water partition coefficient (Wildman–Crippen LogP) is 3.06. The van der Waals surface area contributed by atoms with Crippen molar-refractivity contribution in [3.63, 3.8) is 0 Å². The first-order valence-corrected chi connectivity index (χ1v) is 12.7. The number of carbonyl (C=O) groups is 1. The SMILES string of the molecule is CCc1ccc(C(CNC(=O)Cc2ccc(S(=O)(=O)N3CCCC3)s2)N(C)C)cc1. The molecule has 0 radical (unpaired) electrons. The summed E-state index contributed by atoms with van der Waals surface area (Å²) in [6.07, 6.45) is 3.01. The second-order valence-electron chi connectivity index (χ2n) is 7.89. The van der Waals surface area contributed by atoms with Crippen LogP contribution < -0.4 is 5.32 Å². The van der Waals surface area contributed by atoms with E-state index in [9.17, 15) is 13.2 Å². The highest BCUT2D eigenvalue weighted by Crippen LogP contribution is 2.27. The van der Waals surface area contributed by atoms with Gasteiger partial charge in [-0.2, -0.15) is 4.31 Å². The van der Waals surface area contributed by atoms with Crippen LogP contribution in [-0.2, 0) is 27.7 Å². The van der Waals surface area contributed by atoms with E-state index >= 15 is 0 Å². The first kappa shape index (κ1) is 22.9. The third kappa shape index (κ3) is 5.49. The van der Waals surface area contributed by atoms with Crippen LogP contribution in [0.2, 0.25) is 0 Å². The largest absolute Gasteiger partial charge is 0.354 e. The highest BCUT2D eigenvalue weighted by atomic mass is 32.2. The number of aryl methyl sites for hydroxylation is 1. The lowest BCUT2D eigenvalue weighted by molar-refractivity contribution is -0.120. The Bertz CT molecular complexity index is 946. The number of likely N-dealkylation sites (N-methyl/N-ethyl adjacent to an activating group) is 1. The van der Waals surface area contributed by atoms with Gasteiger partial charge in [0.25, 0.3) is 10.0 Å². The maximum Gasteiger partial charge on any atom is 0.252 e. The topological polar surface area (TPSA) is 69.7 Å². The number of benzene rings is 1. The first-order valence-electron chi connectivity index (χ1n) is 10.4. The Labute approximate surface area is 183 Å². The van der Waals surface area contributed by atoms with Crippen LogP contribution in [0.4, 0.5) is 0 Å². The zero-order valence-electron chi connectivity index (χ0n) is 17.9. The predicted molar refractivity (Wildman–Crippen MR) is 121 cm³/mol. The van der Waals surface area contributed by atoms with Crippen molar-refractivity contribution >= 4 is 27.3 Å². The number of carbonyl (C=O) groups excluding carboxylic acids is 1. The van der Waals surface area contributed by atoms with Crippen LogP contribution in [0.15, 0.2) is 40.6 Å². The Morgan fingerprint density at radius 2 is 1.80 bits per heavy atom. The molecule has 1 fully saturated rings. The summed E-state index contributed by atoms with van der Waals surface area (Å²) in [7, 11) is 0.580. The van der Waals surface area contributed by atoms with Gasteiger partial charge in [0, 0.05) is 24.5 Å². The fourth-order valence-electron chi connectivity index (χ4n) is 3.65. The van der Waals surface area contributed by atoms with Crippen LogP contribution in [0.5, 0.6) is 0 Å². The van der Waals surface area contributed by atoms with Crippen molar-refractivity contribution in [2.45, 2.75) is 42.9 Å². The fraction of sp³-hybridized carbons (Fsp3) is 0.500. The van der Waals surface area contributed by atoms with E-state index in [0.29, 0.717) is 23.8 Å². The summed E-state index contributed by atoms with van der Waals surface area (Å²) < 4.78 is 27.2. The molecule has 30 heavy (non-hydrogen) atoms. The van der Waals surface area contributed by atoms with Gasteiger partial charge in [0.2, 0.25) is 5.91 Å². The van der Waals surface area contributed by atoms with E-state index in [2.05, 4.69) is 41.4 Å². The van der Waals surface area contributed by atoms with E-state index in [1.165, 1.54) is 21.2 Å². The second-order valence-corrected chi connectivity index (χ2v) is 11.2. The lowest BCUT2D eigenvalue weighted by Crippen LogP contribution is -2.35. The van der Waals surface area contributed by atoms with E-state index in [1.807, 2.05) is 14.1 Å². The summed E-state index contributed by atoms with van der Waals surface area (Å²) in [6, 6.07) is 11.9. The maximum absolute atomic E-state index is 12.7. The fourth-order valence-corrected chi connectivity index (χ4v) is 6.68. The summed E-state index contributed by atoms with van der Waals surface area (Å²) in [6.45, 7) is 3.80. The smallest absolute Gasteiger partial charge is 0.252 e. The van der Waals surface area contributed by atoms with Gasteiger partial charge in [-0.1, -0.05) is 31.2 Å². The summed E-state index contributed by atoms with van der Waals surface area (Å²) in [5, 5.41) is 3.01. The second kappa shape index (κ2) is 10.0. The van der Waals surface area contributed by atoms with Crippen LogP contribution in [-0.4, -0.2) is 57.3 Å². The number of hydrogen-bond donors (Lipinski definition) is 1. The molecule has 2 aromatic rings. The molecule has 0 spiro atoms. The van der Waals surface area contributed by atoms with E-state index < -0.39 is 10.0 Å². The molecule has 0 bridgehead atoms.